The third-order valence-electron chi connectivity index (χ3n) is 4.21. The van der Waals surface area contributed by atoms with Crippen LogP contribution in [0.3, 0.4) is 0 Å². The van der Waals surface area contributed by atoms with E-state index in [1.54, 1.807) is 29.2 Å². The van der Waals surface area contributed by atoms with Gasteiger partial charge in [-0.05, 0) is 36.2 Å². The van der Waals surface area contributed by atoms with Crippen LogP contribution in [0.4, 0.5) is 13.2 Å². The number of halogens is 3. The zero-order valence-corrected chi connectivity index (χ0v) is 13.7. The molecule has 1 aliphatic heterocycles. The van der Waals surface area contributed by atoms with Crippen molar-refractivity contribution >= 4 is 5.91 Å². The Bertz CT molecular complexity index is 756. The van der Waals surface area contributed by atoms with Gasteiger partial charge >= 0.3 is 6.18 Å². The fourth-order valence-corrected chi connectivity index (χ4v) is 2.93. The van der Waals surface area contributed by atoms with Gasteiger partial charge in [-0.2, -0.15) is 13.2 Å². The topological polar surface area (TPSA) is 29.5 Å². The molecule has 0 aliphatic carbocycles. The monoisotopic (exact) mass is 349 g/mol. The van der Waals surface area contributed by atoms with Gasteiger partial charge in [0.15, 0.2) is 0 Å². The fraction of sp³-hybridized carbons (Fsp3) is 0.316. The molecular weight excluding hydrogens is 331 g/mol. The van der Waals surface area contributed by atoms with Gasteiger partial charge in [0.05, 0.1) is 18.3 Å². The summed E-state index contributed by atoms with van der Waals surface area (Å²) in [6.07, 6.45) is -4.41. The molecule has 132 valence electrons. The summed E-state index contributed by atoms with van der Waals surface area (Å²) in [6.45, 7) is 3.39. The highest BCUT2D eigenvalue weighted by Crippen LogP contribution is 2.32. The number of alkyl halides is 3. The number of carbonyl (C=O) groups is 1. The molecule has 0 bridgehead atoms. The molecule has 25 heavy (non-hydrogen) atoms. The SMILES string of the molecule is CC1CN(C(=O)c2ccccc2-c2ccc(C(F)(F)F)cc2)CCO1. The van der Waals surface area contributed by atoms with Gasteiger partial charge < -0.3 is 9.64 Å². The van der Waals surface area contributed by atoms with Crippen LogP contribution in [0, 0.1) is 0 Å². The fourth-order valence-electron chi connectivity index (χ4n) is 2.93. The average Bonchev–Trinajstić information content (AvgIpc) is 2.60. The largest absolute Gasteiger partial charge is 0.416 e. The summed E-state index contributed by atoms with van der Waals surface area (Å²) in [6, 6.07) is 11.8. The van der Waals surface area contributed by atoms with E-state index in [0.29, 0.717) is 36.4 Å². The van der Waals surface area contributed by atoms with Crippen molar-refractivity contribution in [1.29, 1.82) is 0 Å². The zero-order valence-electron chi connectivity index (χ0n) is 13.7. The second-order valence-electron chi connectivity index (χ2n) is 6.05. The molecule has 1 amide bonds. The van der Waals surface area contributed by atoms with E-state index in [1.807, 2.05) is 6.92 Å². The minimum absolute atomic E-state index is 0.0315. The third-order valence-corrected chi connectivity index (χ3v) is 4.21. The molecule has 3 rings (SSSR count). The van der Waals surface area contributed by atoms with Gasteiger partial charge in [0.1, 0.15) is 0 Å². The Labute approximate surface area is 144 Å². The van der Waals surface area contributed by atoms with Gasteiger partial charge in [-0.15, -0.1) is 0 Å². The van der Waals surface area contributed by atoms with Crippen LogP contribution in [0.5, 0.6) is 0 Å². The quantitative estimate of drug-likeness (QED) is 0.812. The van der Waals surface area contributed by atoms with Crippen molar-refractivity contribution < 1.29 is 22.7 Å². The second kappa shape index (κ2) is 6.88. The van der Waals surface area contributed by atoms with Crippen LogP contribution in [0.2, 0.25) is 0 Å². The highest BCUT2D eigenvalue weighted by molar-refractivity contribution is 6.01. The Morgan fingerprint density at radius 3 is 2.44 bits per heavy atom. The highest BCUT2D eigenvalue weighted by atomic mass is 19.4. The Balaban J connectivity index is 1.92. The van der Waals surface area contributed by atoms with E-state index in [1.165, 1.54) is 12.1 Å². The first-order chi connectivity index (χ1) is 11.9. The number of carbonyl (C=O) groups excluding carboxylic acids is 1. The van der Waals surface area contributed by atoms with Crippen molar-refractivity contribution in [2.24, 2.45) is 0 Å². The molecule has 0 N–H and O–H groups in total. The first kappa shape index (κ1) is 17.5. The molecule has 0 radical (unpaired) electrons. The molecule has 1 fully saturated rings. The van der Waals surface area contributed by atoms with E-state index in [9.17, 15) is 18.0 Å². The normalized spacial score (nSPS) is 18.2. The Morgan fingerprint density at radius 1 is 1.12 bits per heavy atom. The minimum Gasteiger partial charge on any atom is -0.375 e. The molecular formula is C19H18F3NO2. The predicted octanol–water partition coefficient (Wildman–Crippen LogP) is 4.23. The summed E-state index contributed by atoms with van der Waals surface area (Å²) in [5.74, 6) is -0.134. The molecule has 1 unspecified atom stereocenters. The van der Waals surface area contributed by atoms with Gasteiger partial charge in [0.2, 0.25) is 0 Å². The van der Waals surface area contributed by atoms with Crippen LogP contribution in [0.1, 0.15) is 22.8 Å². The lowest BCUT2D eigenvalue weighted by atomic mass is 9.97. The molecule has 2 aromatic carbocycles. The molecule has 0 spiro atoms. The van der Waals surface area contributed by atoms with E-state index in [-0.39, 0.29) is 12.0 Å². The summed E-state index contributed by atoms with van der Waals surface area (Å²) in [7, 11) is 0. The van der Waals surface area contributed by atoms with Crippen LogP contribution < -0.4 is 0 Å². The lowest BCUT2D eigenvalue weighted by Crippen LogP contribution is -2.44. The van der Waals surface area contributed by atoms with Crippen molar-refractivity contribution in [3.05, 3.63) is 59.7 Å². The van der Waals surface area contributed by atoms with Crippen molar-refractivity contribution in [2.45, 2.75) is 19.2 Å². The Morgan fingerprint density at radius 2 is 1.80 bits per heavy atom. The first-order valence-corrected chi connectivity index (χ1v) is 8.04. The standard InChI is InChI=1S/C19H18F3NO2/c1-13-12-23(10-11-25-13)18(24)17-5-3-2-4-16(17)14-6-8-15(9-7-14)19(20,21)22/h2-9,13H,10-12H2,1H3. The Hall–Kier alpha value is -2.34. The highest BCUT2D eigenvalue weighted by Gasteiger charge is 2.30. The average molecular weight is 349 g/mol. The van der Waals surface area contributed by atoms with Crippen LogP contribution in [-0.2, 0) is 10.9 Å². The molecule has 1 saturated heterocycles. The maximum atomic E-state index is 12.9. The van der Waals surface area contributed by atoms with Crippen molar-refractivity contribution in [3.63, 3.8) is 0 Å². The molecule has 6 heteroatoms. The molecule has 2 aromatic rings. The zero-order chi connectivity index (χ0) is 18.0. The number of ether oxygens (including phenoxy) is 1. The smallest absolute Gasteiger partial charge is 0.375 e. The van der Waals surface area contributed by atoms with E-state index in [2.05, 4.69) is 0 Å². The van der Waals surface area contributed by atoms with Gasteiger partial charge in [-0.25, -0.2) is 0 Å². The van der Waals surface area contributed by atoms with E-state index >= 15 is 0 Å². The van der Waals surface area contributed by atoms with Gasteiger partial charge in [-0.3, -0.25) is 4.79 Å². The predicted molar refractivity (Wildman–Crippen MR) is 88.2 cm³/mol. The molecule has 1 atom stereocenters. The molecule has 0 aromatic heterocycles. The maximum Gasteiger partial charge on any atom is 0.416 e. The molecule has 0 saturated carbocycles. The summed E-state index contributed by atoms with van der Waals surface area (Å²) in [5, 5.41) is 0. The van der Waals surface area contributed by atoms with Crippen molar-refractivity contribution in [3.8, 4) is 11.1 Å². The summed E-state index contributed by atoms with van der Waals surface area (Å²) in [4.78, 5) is 14.6. The number of hydrogen-bond acceptors (Lipinski definition) is 2. The summed E-state index contributed by atoms with van der Waals surface area (Å²) >= 11 is 0. The number of hydrogen-bond donors (Lipinski definition) is 0. The van der Waals surface area contributed by atoms with Gasteiger partial charge in [0.25, 0.3) is 5.91 Å². The number of benzene rings is 2. The van der Waals surface area contributed by atoms with Crippen LogP contribution >= 0.6 is 0 Å². The Kier molecular flexibility index (Phi) is 4.81. The number of rotatable bonds is 2. The molecule has 1 aliphatic rings. The summed E-state index contributed by atoms with van der Waals surface area (Å²) in [5.41, 5.74) is 0.983. The number of morpholine rings is 1. The van der Waals surface area contributed by atoms with E-state index in [0.717, 1.165) is 12.1 Å². The molecule has 3 nitrogen and oxygen atoms in total. The first-order valence-electron chi connectivity index (χ1n) is 8.04. The van der Waals surface area contributed by atoms with Crippen LogP contribution in [0.15, 0.2) is 48.5 Å². The van der Waals surface area contributed by atoms with Crippen molar-refractivity contribution in [2.75, 3.05) is 19.7 Å². The third kappa shape index (κ3) is 3.85. The maximum absolute atomic E-state index is 12.9. The molecule has 1 heterocycles. The van der Waals surface area contributed by atoms with Crippen molar-refractivity contribution in [1.82, 2.24) is 4.90 Å². The van der Waals surface area contributed by atoms with E-state index in [4.69, 9.17) is 4.74 Å². The lowest BCUT2D eigenvalue weighted by molar-refractivity contribution is -0.137. The summed E-state index contributed by atoms with van der Waals surface area (Å²) < 4.78 is 43.7. The van der Waals surface area contributed by atoms with Crippen LogP contribution in [-0.4, -0.2) is 36.6 Å². The van der Waals surface area contributed by atoms with E-state index < -0.39 is 11.7 Å². The lowest BCUT2D eigenvalue weighted by Gasteiger charge is -2.31. The van der Waals surface area contributed by atoms with Crippen LogP contribution in [0.25, 0.3) is 11.1 Å². The minimum atomic E-state index is -4.38. The number of nitrogens with zero attached hydrogens (tertiary/aromatic N) is 1. The number of amides is 1. The van der Waals surface area contributed by atoms with Gasteiger partial charge in [0, 0.05) is 18.7 Å². The van der Waals surface area contributed by atoms with Gasteiger partial charge in [-0.1, -0.05) is 30.3 Å². The second-order valence-corrected chi connectivity index (χ2v) is 6.05.